The molecule has 0 aromatic heterocycles. The molecular formula is C17H14ClF2NO3S. The molecule has 132 valence electrons. The van der Waals surface area contributed by atoms with E-state index in [1.807, 2.05) is 0 Å². The van der Waals surface area contributed by atoms with Crippen molar-refractivity contribution < 1.29 is 22.0 Å². The van der Waals surface area contributed by atoms with Crippen molar-refractivity contribution in [3.63, 3.8) is 0 Å². The number of benzene rings is 2. The summed E-state index contributed by atoms with van der Waals surface area (Å²) in [6.45, 7) is 0. The SMILES string of the molecule is O=C(CS(=O)(=O)[C@H]1CCc2c(F)cc(F)cc21)Nc1ccccc1Cl. The van der Waals surface area contributed by atoms with E-state index in [2.05, 4.69) is 5.32 Å². The molecule has 0 radical (unpaired) electrons. The Morgan fingerprint density at radius 1 is 1.24 bits per heavy atom. The lowest BCUT2D eigenvalue weighted by molar-refractivity contribution is -0.113. The lowest BCUT2D eigenvalue weighted by atomic mass is 10.1. The first kappa shape index (κ1) is 17.8. The highest BCUT2D eigenvalue weighted by molar-refractivity contribution is 7.92. The van der Waals surface area contributed by atoms with Crippen LogP contribution in [-0.2, 0) is 21.1 Å². The van der Waals surface area contributed by atoms with Crippen molar-refractivity contribution in [3.05, 3.63) is 64.2 Å². The van der Waals surface area contributed by atoms with Crippen molar-refractivity contribution >= 4 is 33.0 Å². The van der Waals surface area contributed by atoms with Crippen LogP contribution >= 0.6 is 11.6 Å². The van der Waals surface area contributed by atoms with Gasteiger partial charge in [-0.1, -0.05) is 23.7 Å². The number of fused-ring (bicyclic) bond motifs is 1. The number of carbonyl (C=O) groups is 1. The molecule has 0 aliphatic heterocycles. The molecule has 8 heteroatoms. The molecule has 0 saturated heterocycles. The van der Waals surface area contributed by atoms with Gasteiger partial charge in [-0.05, 0) is 42.2 Å². The van der Waals surface area contributed by atoms with Crippen LogP contribution in [-0.4, -0.2) is 20.1 Å². The fourth-order valence-corrected chi connectivity index (χ4v) is 4.91. The molecule has 0 heterocycles. The van der Waals surface area contributed by atoms with Crippen molar-refractivity contribution in [1.29, 1.82) is 0 Å². The minimum absolute atomic E-state index is 0.100. The van der Waals surface area contributed by atoms with Gasteiger partial charge in [0.15, 0.2) is 9.84 Å². The van der Waals surface area contributed by atoms with Crippen LogP contribution in [0.5, 0.6) is 0 Å². The Morgan fingerprint density at radius 2 is 1.96 bits per heavy atom. The van der Waals surface area contributed by atoms with E-state index in [1.165, 1.54) is 0 Å². The predicted octanol–water partition coefficient (Wildman–Crippen LogP) is 3.66. The lowest BCUT2D eigenvalue weighted by Crippen LogP contribution is -2.26. The summed E-state index contributed by atoms with van der Waals surface area (Å²) in [6, 6.07) is 8.19. The van der Waals surface area contributed by atoms with Crippen LogP contribution < -0.4 is 5.32 Å². The maximum atomic E-state index is 13.8. The second kappa shape index (κ2) is 6.72. The normalized spacial score (nSPS) is 16.5. The molecule has 3 rings (SSSR count). The summed E-state index contributed by atoms with van der Waals surface area (Å²) in [5.41, 5.74) is 0.595. The molecule has 0 saturated carbocycles. The summed E-state index contributed by atoms with van der Waals surface area (Å²) in [4.78, 5) is 12.1. The van der Waals surface area contributed by atoms with Crippen LogP contribution in [0.4, 0.5) is 14.5 Å². The van der Waals surface area contributed by atoms with Crippen LogP contribution in [0.15, 0.2) is 36.4 Å². The Bertz CT molecular complexity index is 947. The summed E-state index contributed by atoms with van der Waals surface area (Å²) in [6.07, 6.45) is 0.314. The fraction of sp³-hybridized carbons (Fsp3) is 0.235. The molecule has 1 N–H and O–H groups in total. The number of hydrogen-bond acceptors (Lipinski definition) is 3. The van der Waals surface area contributed by atoms with Gasteiger partial charge in [0, 0.05) is 6.07 Å². The van der Waals surface area contributed by atoms with E-state index in [0.717, 1.165) is 12.1 Å². The zero-order valence-electron chi connectivity index (χ0n) is 12.9. The van der Waals surface area contributed by atoms with Gasteiger partial charge in [-0.25, -0.2) is 17.2 Å². The third-order valence-corrected chi connectivity index (χ3v) is 6.46. The topological polar surface area (TPSA) is 63.2 Å². The van der Waals surface area contributed by atoms with Crippen LogP contribution in [0.25, 0.3) is 0 Å². The van der Waals surface area contributed by atoms with E-state index >= 15 is 0 Å². The number of halogens is 3. The molecule has 2 aromatic carbocycles. The summed E-state index contributed by atoms with van der Waals surface area (Å²) in [5.74, 6) is -3.13. The highest BCUT2D eigenvalue weighted by atomic mass is 35.5. The summed E-state index contributed by atoms with van der Waals surface area (Å²) >= 11 is 5.92. The van der Waals surface area contributed by atoms with Crippen molar-refractivity contribution in [1.82, 2.24) is 0 Å². The van der Waals surface area contributed by atoms with Crippen LogP contribution in [0.2, 0.25) is 5.02 Å². The average molecular weight is 386 g/mol. The van der Waals surface area contributed by atoms with Crippen molar-refractivity contribution in [2.75, 3.05) is 11.1 Å². The molecule has 1 amide bonds. The van der Waals surface area contributed by atoms with Gasteiger partial charge < -0.3 is 5.32 Å². The van der Waals surface area contributed by atoms with Gasteiger partial charge >= 0.3 is 0 Å². The van der Waals surface area contributed by atoms with Gasteiger partial charge in [0.25, 0.3) is 0 Å². The molecule has 1 aliphatic carbocycles. The number of rotatable bonds is 4. The number of hydrogen-bond donors (Lipinski definition) is 1. The zero-order chi connectivity index (χ0) is 18.2. The summed E-state index contributed by atoms with van der Waals surface area (Å²) < 4.78 is 52.4. The Balaban J connectivity index is 1.80. The second-order valence-corrected chi connectivity index (χ2v) is 8.41. The maximum Gasteiger partial charge on any atom is 0.239 e. The number of carbonyl (C=O) groups excluding carboxylic acids is 1. The highest BCUT2D eigenvalue weighted by Gasteiger charge is 2.36. The third kappa shape index (κ3) is 3.67. The van der Waals surface area contributed by atoms with Crippen molar-refractivity contribution in [2.45, 2.75) is 18.1 Å². The average Bonchev–Trinajstić information content (AvgIpc) is 2.94. The van der Waals surface area contributed by atoms with Gasteiger partial charge in [-0.2, -0.15) is 0 Å². The van der Waals surface area contributed by atoms with E-state index in [0.29, 0.717) is 5.69 Å². The minimum atomic E-state index is -3.93. The first-order valence-corrected chi connectivity index (χ1v) is 9.61. The Morgan fingerprint density at radius 3 is 2.68 bits per heavy atom. The fourth-order valence-electron chi connectivity index (χ4n) is 3.01. The van der Waals surface area contributed by atoms with Gasteiger partial charge in [0.1, 0.15) is 17.4 Å². The number of nitrogens with one attached hydrogen (secondary N) is 1. The minimum Gasteiger partial charge on any atom is -0.324 e. The molecule has 1 atom stereocenters. The smallest absolute Gasteiger partial charge is 0.239 e. The van der Waals surface area contributed by atoms with Gasteiger partial charge in [0.05, 0.1) is 16.0 Å². The molecule has 0 spiro atoms. The molecule has 1 aliphatic rings. The number of amides is 1. The first-order valence-electron chi connectivity index (χ1n) is 7.51. The number of para-hydroxylation sites is 1. The van der Waals surface area contributed by atoms with Gasteiger partial charge in [-0.3, -0.25) is 4.79 Å². The van der Waals surface area contributed by atoms with E-state index in [9.17, 15) is 22.0 Å². The molecule has 0 bridgehead atoms. The Hall–Kier alpha value is -1.99. The van der Waals surface area contributed by atoms with E-state index < -0.39 is 38.4 Å². The zero-order valence-corrected chi connectivity index (χ0v) is 14.5. The number of anilines is 1. The summed E-state index contributed by atoms with van der Waals surface area (Å²) in [7, 11) is -3.93. The van der Waals surface area contributed by atoms with E-state index in [-0.39, 0.29) is 29.0 Å². The molecule has 0 unspecified atom stereocenters. The lowest BCUT2D eigenvalue weighted by Gasteiger charge is -2.14. The Kier molecular flexibility index (Phi) is 4.79. The molecular weight excluding hydrogens is 372 g/mol. The quantitative estimate of drug-likeness (QED) is 0.873. The van der Waals surface area contributed by atoms with Crippen LogP contribution in [0.3, 0.4) is 0 Å². The van der Waals surface area contributed by atoms with Gasteiger partial charge in [-0.15, -0.1) is 0 Å². The van der Waals surface area contributed by atoms with Crippen LogP contribution in [0, 0.1) is 11.6 Å². The monoisotopic (exact) mass is 385 g/mol. The predicted molar refractivity (Wildman–Crippen MR) is 91.3 cm³/mol. The third-order valence-electron chi connectivity index (χ3n) is 4.11. The first-order chi connectivity index (χ1) is 11.8. The van der Waals surface area contributed by atoms with E-state index in [1.54, 1.807) is 24.3 Å². The maximum absolute atomic E-state index is 13.8. The summed E-state index contributed by atoms with van der Waals surface area (Å²) in [5, 5.41) is 1.63. The highest BCUT2D eigenvalue weighted by Crippen LogP contribution is 2.39. The largest absolute Gasteiger partial charge is 0.324 e. The van der Waals surface area contributed by atoms with Crippen molar-refractivity contribution in [3.8, 4) is 0 Å². The van der Waals surface area contributed by atoms with E-state index in [4.69, 9.17) is 11.6 Å². The second-order valence-electron chi connectivity index (χ2n) is 5.82. The Labute approximate surface area is 148 Å². The molecule has 2 aromatic rings. The molecule has 0 fully saturated rings. The van der Waals surface area contributed by atoms with Gasteiger partial charge in [0.2, 0.25) is 5.91 Å². The van der Waals surface area contributed by atoms with Crippen molar-refractivity contribution in [2.24, 2.45) is 0 Å². The standard InChI is InChI=1S/C17H14ClF2NO3S/c18-13-3-1-2-4-15(13)21-17(22)9-25(23,24)16-6-5-11-12(16)7-10(19)8-14(11)20/h1-4,7-8,16H,5-6,9H2,(H,21,22)/t16-/m0/s1. The number of sulfone groups is 1. The molecule has 25 heavy (non-hydrogen) atoms. The molecule has 4 nitrogen and oxygen atoms in total. The van der Waals surface area contributed by atoms with Crippen LogP contribution in [0.1, 0.15) is 22.8 Å².